The topological polar surface area (TPSA) is 12.5 Å². The summed E-state index contributed by atoms with van der Waals surface area (Å²) < 4.78 is 6.43. The van der Waals surface area contributed by atoms with Crippen LogP contribution in [0.5, 0.6) is 11.5 Å². The lowest BCUT2D eigenvalue weighted by Crippen LogP contribution is -2.17. The summed E-state index contributed by atoms with van der Waals surface area (Å²) in [7, 11) is 0. The maximum Gasteiger partial charge on any atom is 0.143 e. The van der Waals surface area contributed by atoms with E-state index in [0.717, 1.165) is 38.4 Å². The normalized spacial score (nSPS) is 14.1. The van der Waals surface area contributed by atoms with E-state index in [2.05, 4.69) is 134 Å². The molecule has 0 N–H and O–H groups in total. The van der Waals surface area contributed by atoms with Gasteiger partial charge in [0.1, 0.15) is 11.5 Å². The lowest BCUT2D eigenvalue weighted by molar-refractivity contribution is 0.455. The monoisotopic (exact) mass is 533 g/mol. The predicted octanol–water partition coefficient (Wildman–Crippen LogP) is 10.9. The van der Waals surface area contributed by atoms with Crippen molar-refractivity contribution >= 4 is 39.6 Å². The van der Waals surface area contributed by atoms with Crippen LogP contribution in [-0.2, 0) is 5.41 Å². The molecule has 0 fully saturated rings. The molecule has 0 bridgehead atoms. The Balaban J connectivity index is 1.38. The van der Waals surface area contributed by atoms with E-state index in [0.29, 0.717) is 0 Å². The van der Waals surface area contributed by atoms with E-state index in [-0.39, 0.29) is 5.41 Å². The zero-order valence-corrected chi connectivity index (χ0v) is 23.2. The molecule has 6 aromatic carbocycles. The second-order valence-electron chi connectivity index (χ2n) is 11.0. The van der Waals surface area contributed by atoms with Crippen LogP contribution >= 0.6 is 11.8 Å². The number of benzene rings is 6. The third-order valence-electron chi connectivity index (χ3n) is 8.31. The van der Waals surface area contributed by atoms with Crippen LogP contribution in [0.1, 0.15) is 25.0 Å². The summed E-state index contributed by atoms with van der Waals surface area (Å²) >= 11 is 1.78. The molecule has 0 saturated heterocycles. The Bertz CT molecular complexity index is 1950. The van der Waals surface area contributed by atoms with Gasteiger partial charge >= 0.3 is 0 Å². The Morgan fingerprint density at radius 2 is 1.30 bits per heavy atom. The molecular weight excluding hydrogens is 506 g/mol. The molecule has 40 heavy (non-hydrogen) atoms. The van der Waals surface area contributed by atoms with E-state index >= 15 is 0 Å². The fraction of sp³-hybridized carbons (Fsp3) is 0.0811. The van der Waals surface area contributed by atoms with Crippen LogP contribution in [-0.4, -0.2) is 0 Å². The molecule has 1 aliphatic carbocycles. The molecule has 3 heteroatoms. The Kier molecular flexibility index (Phi) is 5.14. The van der Waals surface area contributed by atoms with Gasteiger partial charge in [0.05, 0.1) is 21.2 Å². The Morgan fingerprint density at radius 1 is 0.600 bits per heavy atom. The molecule has 0 amide bonds. The molecule has 0 saturated carbocycles. The number of ether oxygens (including phenoxy) is 1. The van der Waals surface area contributed by atoms with E-state index in [1.54, 1.807) is 11.8 Å². The first-order chi connectivity index (χ1) is 19.6. The number of nitrogens with zero attached hydrogens (tertiary/aromatic N) is 1. The highest BCUT2D eigenvalue weighted by atomic mass is 32.2. The first-order valence-electron chi connectivity index (χ1n) is 13.7. The maximum atomic E-state index is 6.43. The summed E-state index contributed by atoms with van der Waals surface area (Å²) in [5.41, 5.74) is 8.73. The van der Waals surface area contributed by atoms with E-state index in [1.807, 2.05) is 12.1 Å². The van der Waals surface area contributed by atoms with Gasteiger partial charge in [-0.15, -0.1) is 0 Å². The second kappa shape index (κ2) is 8.77. The van der Waals surface area contributed by atoms with Gasteiger partial charge in [0.25, 0.3) is 0 Å². The Labute approximate surface area is 238 Å². The van der Waals surface area contributed by atoms with E-state index in [9.17, 15) is 0 Å². The van der Waals surface area contributed by atoms with Gasteiger partial charge in [-0.25, -0.2) is 0 Å². The summed E-state index contributed by atoms with van der Waals surface area (Å²) in [5, 5.41) is 2.44. The highest BCUT2D eigenvalue weighted by Gasteiger charge is 2.36. The van der Waals surface area contributed by atoms with Gasteiger partial charge in [-0.1, -0.05) is 111 Å². The molecule has 0 unspecified atom stereocenters. The lowest BCUT2D eigenvalue weighted by atomic mass is 9.82. The van der Waals surface area contributed by atoms with Crippen molar-refractivity contribution in [2.24, 2.45) is 0 Å². The van der Waals surface area contributed by atoms with Crippen LogP contribution in [0.15, 0.2) is 137 Å². The van der Waals surface area contributed by atoms with Crippen molar-refractivity contribution in [2.45, 2.75) is 29.1 Å². The minimum absolute atomic E-state index is 0.0840. The standard InChI is InChI=1S/C37H27NOS/c1-37(2)29-15-6-5-14-27(29)28-22-21-25(23-30(28)37)38(31-16-9-12-24-11-3-4-13-26(24)31)32-17-10-19-34-36(32)40-35-20-8-7-18-33(35)39-34/h3-23H,1-2H3. The molecule has 2 nitrogen and oxygen atoms in total. The van der Waals surface area contributed by atoms with Crippen molar-refractivity contribution < 1.29 is 4.74 Å². The van der Waals surface area contributed by atoms with Crippen molar-refractivity contribution in [3.63, 3.8) is 0 Å². The molecule has 2 aliphatic rings. The Hall–Kier alpha value is -4.47. The van der Waals surface area contributed by atoms with Gasteiger partial charge in [0, 0.05) is 16.5 Å². The highest BCUT2D eigenvalue weighted by molar-refractivity contribution is 7.99. The summed E-state index contributed by atoms with van der Waals surface area (Å²) in [6, 6.07) is 45.7. The highest BCUT2D eigenvalue weighted by Crippen LogP contribution is 2.55. The van der Waals surface area contributed by atoms with Crippen molar-refractivity contribution in [2.75, 3.05) is 4.90 Å². The minimum Gasteiger partial charge on any atom is -0.455 e. The maximum absolute atomic E-state index is 6.43. The number of rotatable bonds is 3. The third-order valence-corrected chi connectivity index (χ3v) is 9.48. The molecule has 6 aromatic rings. The first-order valence-corrected chi connectivity index (χ1v) is 14.5. The van der Waals surface area contributed by atoms with Crippen LogP contribution in [0.2, 0.25) is 0 Å². The molecule has 1 aliphatic heterocycles. The van der Waals surface area contributed by atoms with Gasteiger partial charge in [-0.3, -0.25) is 0 Å². The van der Waals surface area contributed by atoms with Crippen molar-refractivity contribution in [3.05, 3.63) is 139 Å². The number of para-hydroxylation sites is 1. The molecule has 192 valence electrons. The molecule has 0 atom stereocenters. The van der Waals surface area contributed by atoms with Crippen molar-refractivity contribution in [1.82, 2.24) is 0 Å². The fourth-order valence-corrected chi connectivity index (χ4v) is 7.40. The molecular formula is C37H27NOS. The van der Waals surface area contributed by atoms with Crippen molar-refractivity contribution in [1.29, 1.82) is 0 Å². The smallest absolute Gasteiger partial charge is 0.143 e. The van der Waals surface area contributed by atoms with Gasteiger partial charge < -0.3 is 9.64 Å². The summed E-state index contributed by atoms with van der Waals surface area (Å²) in [6.45, 7) is 4.68. The average molecular weight is 534 g/mol. The van der Waals surface area contributed by atoms with Crippen LogP contribution < -0.4 is 9.64 Å². The summed E-state index contributed by atoms with van der Waals surface area (Å²) in [5.74, 6) is 1.80. The predicted molar refractivity (Wildman–Crippen MR) is 167 cm³/mol. The summed E-state index contributed by atoms with van der Waals surface area (Å²) in [4.78, 5) is 4.67. The zero-order chi connectivity index (χ0) is 26.8. The zero-order valence-electron chi connectivity index (χ0n) is 22.4. The fourth-order valence-electron chi connectivity index (χ4n) is 6.35. The third kappa shape index (κ3) is 3.44. The van der Waals surface area contributed by atoms with Crippen molar-refractivity contribution in [3.8, 4) is 22.6 Å². The van der Waals surface area contributed by atoms with Crippen LogP contribution in [0, 0.1) is 0 Å². The molecule has 8 rings (SSSR count). The minimum atomic E-state index is -0.0840. The number of fused-ring (bicyclic) bond motifs is 6. The molecule has 0 radical (unpaired) electrons. The van der Waals surface area contributed by atoms with Gasteiger partial charge in [0.2, 0.25) is 0 Å². The first kappa shape index (κ1) is 23.4. The molecule has 0 spiro atoms. The number of hydrogen-bond donors (Lipinski definition) is 0. The van der Waals surface area contributed by atoms with Gasteiger partial charge in [0.15, 0.2) is 0 Å². The van der Waals surface area contributed by atoms with Crippen LogP contribution in [0.4, 0.5) is 17.1 Å². The van der Waals surface area contributed by atoms with Gasteiger partial charge in [-0.05, 0) is 70.1 Å². The van der Waals surface area contributed by atoms with Gasteiger partial charge in [-0.2, -0.15) is 0 Å². The number of anilines is 3. The SMILES string of the molecule is CC1(C)c2ccccc2-c2ccc(N(c3cccc4c3Sc3ccccc3O4)c3cccc4ccccc34)cc21. The quantitative estimate of drug-likeness (QED) is 0.224. The van der Waals surface area contributed by atoms with Crippen LogP contribution in [0.25, 0.3) is 21.9 Å². The summed E-state index contributed by atoms with van der Waals surface area (Å²) in [6.07, 6.45) is 0. The van der Waals surface area contributed by atoms with E-state index < -0.39 is 0 Å². The molecule has 0 aromatic heterocycles. The lowest BCUT2D eigenvalue weighted by Gasteiger charge is -2.32. The largest absolute Gasteiger partial charge is 0.455 e. The Morgan fingerprint density at radius 3 is 2.25 bits per heavy atom. The van der Waals surface area contributed by atoms with E-state index in [4.69, 9.17) is 4.74 Å². The van der Waals surface area contributed by atoms with E-state index in [1.165, 1.54) is 33.0 Å². The second-order valence-corrected chi connectivity index (χ2v) is 12.0. The average Bonchev–Trinajstić information content (AvgIpc) is 3.23. The molecule has 1 heterocycles. The van der Waals surface area contributed by atoms with Crippen LogP contribution in [0.3, 0.4) is 0 Å². The number of hydrogen-bond acceptors (Lipinski definition) is 3.